The summed E-state index contributed by atoms with van der Waals surface area (Å²) in [5.74, 6) is 2.05. The molecule has 0 bridgehead atoms. The lowest BCUT2D eigenvalue weighted by molar-refractivity contribution is -0.116. The van der Waals surface area contributed by atoms with Crippen molar-refractivity contribution in [1.29, 1.82) is 0 Å². The molecule has 0 saturated carbocycles. The number of carbonyl (C=O) groups excluding carboxylic acids is 1. The number of amides is 1. The minimum absolute atomic E-state index is 0.183. The van der Waals surface area contributed by atoms with Crippen molar-refractivity contribution in [2.75, 3.05) is 20.3 Å². The van der Waals surface area contributed by atoms with E-state index in [-0.39, 0.29) is 5.91 Å². The number of nitrogens with zero attached hydrogens (tertiary/aromatic N) is 1. The van der Waals surface area contributed by atoms with Gasteiger partial charge in [-0.3, -0.25) is 4.79 Å². The Kier molecular flexibility index (Phi) is 7.86. The van der Waals surface area contributed by atoms with E-state index in [0.717, 1.165) is 33.5 Å². The van der Waals surface area contributed by atoms with E-state index in [4.69, 9.17) is 14.2 Å². The first kappa shape index (κ1) is 21.4. The molecular formula is C23H24N2O4S. The lowest BCUT2D eigenvalue weighted by atomic mass is 10.2. The summed E-state index contributed by atoms with van der Waals surface area (Å²) in [6, 6.07) is 14.9. The average molecular weight is 425 g/mol. The SMILES string of the molecule is COc1ccc(OCCNC(=O)/C=C/c2cccc(OCc3csc(C)n3)c2)cc1. The van der Waals surface area contributed by atoms with Gasteiger partial charge in [0.1, 0.15) is 30.5 Å². The monoisotopic (exact) mass is 424 g/mol. The Balaban J connectivity index is 1.40. The van der Waals surface area contributed by atoms with E-state index in [1.165, 1.54) is 6.08 Å². The van der Waals surface area contributed by atoms with Crippen LogP contribution in [0.5, 0.6) is 17.2 Å². The number of hydrogen-bond acceptors (Lipinski definition) is 6. The predicted molar refractivity (Wildman–Crippen MR) is 118 cm³/mol. The smallest absolute Gasteiger partial charge is 0.244 e. The van der Waals surface area contributed by atoms with Gasteiger partial charge in [0.15, 0.2) is 0 Å². The first-order chi connectivity index (χ1) is 14.6. The molecule has 156 valence electrons. The lowest BCUT2D eigenvalue weighted by Crippen LogP contribution is -2.26. The Morgan fingerprint density at radius 1 is 1.10 bits per heavy atom. The van der Waals surface area contributed by atoms with E-state index in [9.17, 15) is 4.79 Å². The molecule has 0 unspecified atom stereocenters. The van der Waals surface area contributed by atoms with Gasteiger partial charge in [-0.15, -0.1) is 11.3 Å². The van der Waals surface area contributed by atoms with Gasteiger partial charge in [0.05, 0.1) is 24.4 Å². The van der Waals surface area contributed by atoms with E-state index in [0.29, 0.717) is 19.8 Å². The molecule has 6 nitrogen and oxygen atoms in total. The van der Waals surface area contributed by atoms with Gasteiger partial charge in [-0.1, -0.05) is 12.1 Å². The van der Waals surface area contributed by atoms with Crippen molar-refractivity contribution < 1.29 is 19.0 Å². The quantitative estimate of drug-likeness (QED) is 0.389. The Bertz CT molecular complexity index is 983. The van der Waals surface area contributed by atoms with Crippen molar-refractivity contribution in [3.63, 3.8) is 0 Å². The Labute approximate surface area is 180 Å². The molecule has 0 saturated heterocycles. The summed E-state index contributed by atoms with van der Waals surface area (Å²) >= 11 is 1.60. The number of rotatable bonds is 10. The van der Waals surface area contributed by atoms with Crippen molar-refractivity contribution in [2.24, 2.45) is 0 Å². The number of thiazole rings is 1. The van der Waals surface area contributed by atoms with Crippen molar-refractivity contribution in [3.8, 4) is 17.2 Å². The second-order valence-corrected chi connectivity index (χ2v) is 7.43. The van der Waals surface area contributed by atoms with Gasteiger partial charge >= 0.3 is 0 Å². The largest absolute Gasteiger partial charge is 0.497 e. The number of carbonyl (C=O) groups is 1. The highest BCUT2D eigenvalue weighted by Crippen LogP contribution is 2.18. The van der Waals surface area contributed by atoms with Gasteiger partial charge in [-0.25, -0.2) is 4.98 Å². The van der Waals surface area contributed by atoms with Gasteiger partial charge in [-0.2, -0.15) is 0 Å². The van der Waals surface area contributed by atoms with Crippen molar-refractivity contribution in [2.45, 2.75) is 13.5 Å². The van der Waals surface area contributed by atoms with E-state index in [1.54, 1.807) is 24.5 Å². The molecule has 0 atom stereocenters. The first-order valence-corrected chi connectivity index (χ1v) is 10.4. The number of hydrogen-bond donors (Lipinski definition) is 1. The number of aromatic nitrogens is 1. The maximum Gasteiger partial charge on any atom is 0.244 e. The van der Waals surface area contributed by atoms with Crippen LogP contribution in [0.15, 0.2) is 60.0 Å². The van der Waals surface area contributed by atoms with Crippen LogP contribution in [0, 0.1) is 6.92 Å². The molecule has 3 aromatic rings. The molecule has 1 heterocycles. The van der Waals surface area contributed by atoms with Crippen LogP contribution in [0.25, 0.3) is 6.08 Å². The highest BCUT2D eigenvalue weighted by Gasteiger charge is 2.01. The zero-order chi connectivity index (χ0) is 21.2. The van der Waals surface area contributed by atoms with Crippen LogP contribution in [-0.4, -0.2) is 31.2 Å². The minimum atomic E-state index is -0.183. The van der Waals surface area contributed by atoms with Gasteiger partial charge in [0.25, 0.3) is 0 Å². The maximum absolute atomic E-state index is 12.0. The zero-order valence-corrected chi connectivity index (χ0v) is 17.8. The zero-order valence-electron chi connectivity index (χ0n) is 17.0. The summed E-state index contributed by atoms with van der Waals surface area (Å²) in [5, 5.41) is 5.80. The predicted octanol–water partition coefficient (Wildman–Crippen LogP) is 4.25. The van der Waals surface area contributed by atoms with Crippen molar-refractivity contribution >= 4 is 23.3 Å². The number of methoxy groups -OCH3 is 1. The molecule has 1 amide bonds. The molecule has 1 aromatic heterocycles. The first-order valence-electron chi connectivity index (χ1n) is 9.49. The third kappa shape index (κ3) is 6.93. The fourth-order valence-electron chi connectivity index (χ4n) is 2.59. The summed E-state index contributed by atoms with van der Waals surface area (Å²) in [7, 11) is 1.62. The van der Waals surface area contributed by atoms with Crippen LogP contribution in [0.4, 0.5) is 0 Å². The molecule has 0 radical (unpaired) electrons. The van der Waals surface area contributed by atoms with E-state index < -0.39 is 0 Å². The molecule has 30 heavy (non-hydrogen) atoms. The van der Waals surface area contributed by atoms with Crippen molar-refractivity contribution in [1.82, 2.24) is 10.3 Å². The molecule has 0 spiro atoms. The molecule has 0 fully saturated rings. The fraction of sp³-hybridized carbons (Fsp3) is 0.217. The number of benzene rings is 2. The Hall–Kier alpha value is -3.32. The number of ether oxygens (including phenoxy) is 3. The van der Waals surface area contributed by atoms with E-state index >= 15 is 0 Å². The molecule has 1 N–H and O–H groups in total. The summed E-state index contributed by atoms with van der Waals surface area (Å²) in [5.41, 5.74) is 1.79. The van der Waals surface area contributed by atoms with Crippen LogP contribution >= 0.6 is 11.3 Å². The molecule has 2 aromatic carbocycles. The second-order valence-electron chi connectivity index (χ2n) is 6.37. The van der Waals surface area contributed by atoms with E-state index in [1.807, 2.05) is 60.8 Å². The van der Waals surface area contributed by atoms with Gasteiger partial charge in [0.2, 0.25) is 5.91 Å². The highest BCUT2D eigenvalue weighted by atomic mass is 32.1. The van der Waals surface area contributed by atoms with Gasteiger partial charge in [-0.05, 0) is 55.0 Å². The highest BCUT2D eigenvalue weighted by molar-refractivity contribution is 7.09. The number of aryl methyl sites for hydroxylation is 1. The van der Waals surface area contributed by atoms with Crippen LogP contribution < -0.4 is 19.5 Å². The molecule has 0 aliphatic rings. The fourth-order valence-corrected chi connectivity index (χ4v) is 3.18. The molecular weight excluding hydrogens is 400 g/mol. The standard InChI is InChI=1S/C23H24N2O4S/c1-17-25-19(16-30-17)15-29-22-5-3-4-18(14-22)6-11-23(26)24-12-13-28-21-9-7-20(27-2)8-10-21/h3-11,14,16H,12-13,15H2,1-2H3,(H,24,26)/b11-6+. The van der Waals surface area contributed by atoms with E-state index in [2.05, 4.69) is 10.3 Å². The summed E-state index contributed by atoms with van der Waals surface area (Å²) in [4.78, 5) is 16.4. The summed E-state index contributed by atoms with van der Waals surface area (Å²) in [6.45, 7) is 3.18. The number of nitrogens with one attached hydrogen (secondary N) is 1. The molecule has 0 aliphatic carbocycles. The normalized spacial score (nSPS) is 10.7. The third-order valence-electron chi connectivity index (χ3n) is 4.07. The average Bonchev–Trinajstić information content (AvgIpc) is 3.20. The molecule has 3 rings (SSSR count). The van der Waals surface area contributed by atoms with Gasteiger partial charge in [0, 0.05) is 11.5 Å². The van der Waals surface area contributed by atoms with Gasteiger partial charge < -0.3 is 19.5 Å². The maximum atomic E-state index is 12.0. The minimum Gasteiger partial charge on any atom is -0.497 e. The van der Waals surface area contributed by atoms with Crippen molar-refractivity contribution in [3.05, 3.63) is 76.3 Å². The molecule has 7 heteroatoms. The van der Waals surface area contributed by atoms with Crippen LogP contribution in [-0.2, 0) is 11.4 Å². The Morgan fingerprint density at radius 2 is 1.90 bits per heavy atom. The Morgan fingerprint density at radius 3 is 2.63 bits per heavy atom. The van der Waals surface area contributed by atoms with Crippen LogP contribution in [0.2, 0.25) is 0 Å². The summed E-state index contributed by atoms with van der Waals surface area (Å²) in [6.07, 6.45) is 3.25. The summed E-state index contributed by atoms with van der Waals surface area (Å²) < 4.78 is 16.5. The van der Waals surface area contributed by atoms with Crippen LogP contribution in [0.1, 0.15) is 16.3 Å². The topological polar surface area (TPSA) is 69.7 Å². The lowest BCUT2D eigenvalue weighted by Gasteiger charge is -2.07. The third-order valence-corrected chi connectivity index (χ3v) is 4.89. The van der Waals surface area contributed by atoms with Crippen LogP contribution in [0.3, 0.4) is 0 Å². The second kappa shape index (κ2) is 11.0. The molecule has 0 aliphatic heterocycles.